The normalized spacial score (nSPS) is 10.6. The highest BCUT2D eigenvalue weighted by atomic mass is 79.9. The molecule has 0 saturated carbocycles. The minimum absolute atomic E-state index is 0.283. The van der Waals surface area contributed by atoms with Gasteiger partial charge in [-0.15, -0.1) is 0 Å². The van der Waals surface area contributed by atoms with Gasteiger partial charge < -0.3 is 5.32 Å². The number of hydrogen-bond acceptors (Lipinski definition) is 2. The average Bonchev–Trinajstić information content (AvgIpc) is 2.47. The lowest BCUT2D eigenvalue weighted by Crippen LogP contribution is -2.13. The summed E-state index contributed by atoms with van der Waals surface area (Å²) in [5.74, 6) is -0.283. The molecule has 0 atom stereocenters. The summed E-state index contributed by atoms with van der Waals surface area (Å²) in [6.07, 6.45) is 1.51. The van der Waals surface area contributed by atoms with Gasteiger partial charge >= 0.3 is 0 Å². The van der Waals surface area contributed by atoms with Gasteiger partial charge in [-0.25, -0.2) is 0 Å². The number of amides is 1. The van der Waals surface area contributed by atoms with Crippen LogP contribution in [-0.2, 0) is 0 Å². The van der Waals surface area contributed by atoms with Crippen LogP contribution in [0.2, 0.25) is 5.02 Å². The highest BCUT2D eigenvalue weighted by molar-refractivity contribution is 9.10. The predicted octanol–water partition coefficient (Wildman–Crippen LogP) is 4.90. The molecule has 0 aliphatic rings. The molecule has 0 aliphatic heterocycles. The Morgan fingerprint density at radius 1 is 1.05 bits per heavy atom. The van der Waals surface area contributed by atoms with E-state index in [0.29, 0.717) is 10.7 Å². The maximum absolute atomic E-state index is 12.1. The zero-order valence-corrected chi connectivity index (χ0v) is 13.1. The van der Waals surface area contributed by atoms with Crippen LogP contribution in [0.3, 0.4) is 0 Å². The van der Waals surface area contributed by atoms with E-state index in [4.69, 9.17) is 11.6 Å². The number of nitrogens with zero attached hydrogens (tertiary/aromatic N) is 1. The molecule has 1 aromatic heterocycles. The summed E-state index contributed by atoms with van der Waals surface area (Å²) in [5, 5.41) is 5.46. The van der Waals surface area contributed by atoms with E-state index in [1.807, 2.05) is 36.4 Å². The molecule has 1 heterocycles. The van der Waals surface area contributed by atoms with E-state index in [2.05, 4.69) is 26.2 Å². The van der Waals surface area contributed by atoms with Crippen LogP contribution in [0.15, 0.2) is 59.2 Å². The Morgan fingerprint density at radius 2 is 1.81 bits per heavy atom. The van der Waals surface area contributed by atoms with Crippen molar-refractivity contribution >= 4 is 49.9 Å². The molecule has 3 aromatic rings. The van der Waals surface area contributed by atoms with Crippen LogP contribution in [0.5, 0.6) is 0 Å². The Balaban J connectivity index is 1.87. The Bertz CT molecular complexity index is 835. The van der Waals surface area contributed by atoms with E-state index in [0.717, 1.165) is 20.9 Å². The number of rotatable bonds is 2. The van der Waals surface area contributed by atoms with Gasteiger partial charge in [0.1, 0.15) is 5.69 Å². The number of hydrogen-bond donors (Lipinski definition) is 1. The average molecular weight is 362 g/mol. The molecule has 5 heteroatoms. The van der Waals surface area contributed by atoms with Crippen molar-refractivity contribution in [3.63, 3.8) is 0 Å². The third-order valence-electron chi connectivity index (χ3n) is 3.01. The summed E-state index contributed by atoms with van der Waals surface area (Å²) in [6, 6.07) is 14.9. The highest BCUT2D eigenvalue weighted by Gasteiger charge is 2.08. The number of nitrogens with one attached hydrogen (secondary N) is 1. The van der Waals surface area contributed by atoms with Crippen LogP contribution in [0.4, 0.5) is 5.69 Å². The Morgan fingerprint density at radius 3 is 2.62 bits per heavy atom. The van der Waals surface area contributed by atoms with Crippen molar-refractivity contribution < 1.29 is 4.79 Å². The molecular weight excluding hydrogens is 352 g/mol. The number of pyridine rings is 1. The van der Waals surface area contributed by atoms with Gasteiger partial charge in [0.05, 0.1) is 0 Å². The lowest BCUT2D eigenvalue weighted by Gasteiger charge is -2.06. The summed E-state index contributed by atoms with van der Waals surface area (Å²) in [6.45, 7) is 0. The topological polar surface area (TPSA) is 42.0 Å². The molecule has 21 heavy (non-hydrogen) atoms. The van der Waals surface area contributed by atoms with Crippen molar-refractivity contribution in [1.82, 2.24) is 4.98 Å². The number of carbonyl (C=O) groups excluding carboxylic acids is 1. The minimum atomic E-state index is -0.283. The number of anilines is 1. The van der Waals surface area contributed by atoms with Crippen LogP contribution >= 0.6 is 27.5 Å². The van der Waals surface area contributed by atoms with Crippen molar-refractivity contribution in [3.05, 3.63) is 69.9 Å². The summed E-state index contributed by atoms with van der Waals surface area (Å²) >= 11 is 9.30. The largest absolute Gasteiger partial charge is 0.321 e. The lowest BCUT2D eigenvalue weighted by molar-refractivity contribution is 0.102. The van der Waals surface area contributed by atoms with E-state index >= 15 is 0 Å². The summed E-state index contributed by atoms with van der Waals surface area (Å²) in [5.41, 5.74) is 1.01. The number of carbonyl (C=O) groups is 1. The second-order valence-electron chi connectivity index (χ2n) is 4.52. The van der Waals surface area contributed by atoms with E-state index < -0.39 is 0 Å². The van der Waals surface area contributed by atoms with Crippen molar-refractivity contribution in [2.75, 3.05) is 5.32 Å². The van der Waals surface area contributed by atoms with Gasteiger partial charge in [0.25, 0.3) is 5.91 Å². The molecule has 0 spiro atoms. The van der Waals surface area contributed by atoms with Gasteiger partial charge in [-0.3, -0.25) is 9.78 Å². The van der Waals surface area contributed by atoms with Crippen molar-refractivity contribution in [3.8, 4) is 0 Å². The standard InChI is InChI=1S/C16H10BrClN2O/c17-12-3-1-11-8-14(4-2-10(11)7-12)20-16(21)15-9-13(18)5-6-19-15/h1-9H,(H,20,21). The van der Waals surface area contributed by atoms with Gasteiger partial charge in [-0.2, -0.15) is 0 Å². The van der Waals surface area contributed by atoms with Gasteiger partial charge in [-0.1, -0.05) is 39.7 Å². The molecule has 1 amide bonds. The summed E-state index contributed by atoms with van der Waals surface area (Å²) in [4.78, 5) is 16.1. The second kappa shape index (κ2) is 5.84. The Hall–Kier alpha value is -1.91. The molecule has 1 N–H and O–H groups in total. The summed E-state index contributed by atoms with van der Waals surface area (Å²) < 4.78 is 1.02. The monoisotopic (exact) mass is 360 g/mol. The molecule has 0 radical (unpaired) electrons. The van der Waals surface area contributed by atoms with Crippen molar-refractivity contribution in [1.29, 1.82) is 0 Å². The smallest absolute Gasteiger partial charge is 0.274 e. The first kappa shape index (κ1) is 14.0. The molecule has 0 fully saturated rings. The maximum Gasteiger partial charge on any atom is 0.274 e. The van der Waals surface area contributed by atoms with Crippen LogP contribution in [0.25, 0.3) is 10.8 Å². The molecule has 2 aromatic carbocycles. The zero-order valence-electron chi connectivity index (χ0n) is 10.8. The first-order valence-corrected chi connectivity index (χ1v) is 7.41. The van der Waals surface area contributed by atoms with Crippen LogP contribution in [0.1, 0.15) is 10.5 Å². The lowest BCUT2D eigenvalue weighted by atomic mass is 10.1. The van der Waals surface area contributed by atoms with Gasteiger partial charge in [-0.05, 0) is 47.2 Å². The van der Waals surface area contributed by atoms with Crippen LogP contribution < -0.4 is 5.32 Å². The molecule has 3 rings (SSSR count). The van der Waals surface area contributed by atoms with E-state index in [1.165, 1.54) is 12.3 Å². The molecule has 0 saturated heterocycles. The predicted molar refractivity (Wildman–Crippen MR) is 88.8 cm³/mol. The summed E-state index contributed by atoms with van der Waals surface area (Å²) in [7, 11) is 0. The van der Waals surface area contributed by atoms with Crippen molar-refractivity contribution in [2.24, 2.45) is 0 Å². The Labute approximate surface area is 135 Å². The zero-order chi connectivity index (χ0) is 14.8. The van der Waals surface area contributed by atoms with Crippen molar-refractivity contribution in [2.45, 2.75) is 0 Å². The number of aromatic nitrogens is 1. The fourth-order valence-corrected chi connectivity index (χ4v) is 2.56. The Kier molecular flexibility index (Phi) is 3.90. The first-order chi connectivity index (χ1) is 10.1. The molecular formula is C16H10BrClN2O. The van der Waals surface area contributed by atoms with Crippen LogP contribution in [-0.4, -0.2) is 10.9 Å². The fraction of sp³-hybridized carbons (Fsp3) is 0. The molecule has 3 nitrogen and oxygen atoms in total. The van der Waals surface area contributed by atoms with Gasteiger partial charge in [0.2, 0.25) is 0 Å². The SMILES string of the molecule is O=C(Nc1ccc2cc(Br)ccc2c1)c1cc(Cl)ccn1. The number of halogens is 2. The number of fused-ring (bicyclic) bond motifs is 1. The van der Waals surface area contributed by atoms with E-state index in [9.17, 15) is 4.79 Å². The maximum atomic E-state index is 12.1. The van der Waals surface area contributed by atoms with Gasteiger partial charge in [0, 0.05) is 21.4 Å². The van der Waals surface area contributed by atoms with Gasteiger partial charge in [0.15, 0.2) is 0 Å². The van der Waals surface area contributed by atoms with Crippen LogP contribution in [0, 0.1) is 0 Å². The van der Waals surface area contributed by atoms with E-state index in [1.54, 1.807) is 6.07 Å². The quantitative estimate of drug-likeness (QED) is 0.705. The van der Waals surface area contributed by atoms with E-state index in [-0.39, 0.29) is 5.91 Å². The highest BCUT2D eigenvalue weighted by Crippen LogP contribution is 2.23. The molecule has 0 bridgehead atoms. The third kappa shape index (κ3) is 3.23. The molecule has 0 unspecified atom stereocenters. The second-order valence-corrected chi connectivity index (χ2v) is 5.87. The molecule has 104 valence electrons. The molecule has 0 aliphatic carbocycles. The third-order valence-corrected chi connectivity index (χ3v) is 3.74. The fourth-order valence-electron chi connectivity index (χ4n) is 2.02. The first-order valence-electron chi connectivity index (χ1n) is 6.24. The number of benzene rings is 2. The minimum Gasteiger partial charge on any atom is -0.321 e.